The van der Waals surface area contributed by atoms with Crippen LogP contribution in [0.5, 0.6) is 17.2 Å². The molecule has 0 radical (unpaired) electrons. The van der Waals surface area contributed by atoms with Gasteiger partial charge >= 0.3 is 0 Å². The summed E-state index contributed by atoms with van der Waals surface area (Å²) in [5.41, 5.74) is 39.8. The summed E-state index contributed by atoms with van der Waals surface area (Å²) in [4.78, 5) is 78.1. The van der Waals surface area contributed by atoms with E-state index in [0.29, 0.717) is 87.9 Å². The number of carbonyl (C=O) groups excluding carboxylic acids is 6. The van der Waals surface area contributed by atoms with Crippen molar-refractivity contribution in [2.75, 3.05) is 70.7 Å². The van der Waals surface area contributed by atoms with Gasteiger partial charge in [-0.1, -0.05) is 41.6 Å². The number of carbonyl (C=O) groups is 6. The lowest BCUT2D eigenvalue weighted by Crippen LogP contribution is -2.42. The van der Waals surface area contributed by atoms with E-state index in [1.807, 2.05) is 34.1 Å². The minimum Gasteiger partial charge on any atom is -0.497 e. The molecule has 6 heterocycles. The number of primary amides is 3. The number of rotatable bonds is 14. The number of halogens is 2. The van der Waals surface area contributed by atoms with Gasteiger partial charge in [0.2, 0.25) is 5.91 Å². The molecule has 4 saturated carbocycles. The standard InChI is InChI=1S/C24H27N5O3.C22H24ClN5O3.C21H24ClN5O3/c1-2-3-19(30)28-11-10-24(14-28)12-16(13-24)29-22(25)20(23(26)31)21(27-29)15-4-6-17(7-5-15)32-18-8-9-18;1-3-4-17(29)27-8-7-22(12-27)10-13(11-22)28-20(24)18(21(25)30)19(26-28)15-6-5-14(31-2)9-16(15)23;1-3-16(28)26-7-6-21(11-26)9-12(10-21)27-19(23)17(20(24)29)18(25-27)14-5-4-13(30-2)8-15(14)22/h4-7,16,18H,8-14,25H2,1H3,(H2,26,31);5-6,9,13H,7-8,10-12,24H2,1-2H3,(H2,25,30);3-5,8,12H,1,6-7,9-11,23H2,2H3,(H2,24,29). The molecule has 6 amide bonds. The zero-order valence-electron chi connectivity index (χ0n) is 52.3. The molecule has 0 unspecified atom stereocenters. The van der Waals surface area contributed by atoms with E-state index >= 15 is 0 Å². The Morgan fingerprint density at radius 1 is 0.548 bits per heavy atom. The summed E-state index contributed by atoms with van der Waals surface area (Å²) in [6, 6.07) is 17.9. The fourth-order valence-corrected chi connectivity index (χ4v) is 14.9. The number of nitrogen functional groups attached to an aromatic ring is 3. The Bertz CT molecular complexity index is 4130. The average molecular weight is 1310 g/mol. The van der Waals surface area contributed by atoms with E-state index < -0.39 is 17.7 Å². The lowest BCUT2D eigenvalue weighted by molar-refractivity contribution is -0.126. The van der Waals surface area contributed by atoms with Gasteiger partial charge in [-0.05, 0) is 179 Å². The maximum absolute atomic E-state index is 12.2. The Hall–Kier alpha value is -9.65. The predicted molar refractivity (Wildman–Crippen MR) is 351 cm³/mol. The number of likely N-dealkylation sites (tertiary alicyclic amines) is 3. The van der Waals surface area contributed by atoms with Crippen LogP contribution in [0.3, 0.4) is 0 Å². The summed E-state index contributed by atoms with van der Waals surface area (Å²) in [6.07, 6.45) is 11.6. The van der Waals surface area contributed by atoms with Gasteiger partial charge in [0, 0.05) is 56.0 Å². The van der Waals surface area contributed by atoms with Gasteiger partial charge in [0.1, 0.15) is 68.5 Å². The molecule has 4 aliphatic carbocycles. The fraction of sp³-hybridized carbons (Fsp3) is 0.418. The summed E-state index contributed by atoms with van der Waals surface area (Å²) in [5.74, 6) is 11.1. The number of nitrogens with zero attached hydrogens (tertiary/aromatic N) is 9. The highest BCUT2D eigenvalue weighted by atomic mass is 35.5. The topological polar surface area (TPSA) is 349 Å². The molecule has 3 aromatic carbocycles. The van der Waals surface area contributed by atoms with Gasteiger partial charge in [0.05, 0.1) is 48.5 Å². The monoisotopic (exact) mass is 1300 g/mol. The van der Waals surface area contributed by atoms with Crippen LogP contribution in [0.1, 0.15) is 134 Å². The van der Waals surface area contributed by atoms with Crippen LogP contribution in [0.4, 0.5) is 17.5 Å². The number of ether oxygens (including phenoxy) is 3. The lowest BCUT2D eigenvalue weighted by atomic mass is 9.65. The minimum atomic E-state index is -0.657. The Morgan fingerprint density at radius 2 is 0.903 bits per heavy atom. The van der Waals surface area contributed by atoms with Gasteiger partial charge in [-0.15, -0.1) is 0 Å². The number of anilines is 3. The molecule has 3 aliphatic heterocycles. The molecule has 12 N–H and O–H groups in total. The fourth-order valence-electron chi connectivity index (χ4n) is 14.4. The van der Waals surface area contributed by atoms with E-state index in [0.717, 1.165) is 95.0 Å². The van der Waals surface area contributed by atoms with Crippen molar-refractivity contribution in [3.8, 4) is 74.7 Å². The van der Waals surface area contributed by atoms with Crippen LogP contribution < -0.4 is 48.6 Å². The molecular formula is C67H75Cl2N15O9. The number of methoxy groups -OCH3 is 2. The van der Waals surface area contributed by atoms with E-state index in [-0.39, 0.29) is 80.4 Å². The number of amides is 6. The molecule has 3 aromatic heterocycles. The third-order valence-corrected chi connectivity index (χ3v) is 19.9. The minimum absolute atomic E-state index is 0.0242. The Labute approximate surface area is 548 Å². The molecule has 0 atom stereocenters. The van der Waals surface area contributed by atoms with Crippen molar-refractivity contribution >= 4 is 76.1 Å². The smallest absolute Gasteiger partial charge is 0.298 e. The van der Waals surface area contributed by atoms with Crippen molar-refractivity contribution < 1.29 is 43.0 Å². The molecule has 13 rings (SSSR count). The molecule has 7 aliphatic rings. The van der Waals surface area contributed by atoms with Crippen molar-refractivity contribution in [1.82, 2.24) is 44.0 Å². The van der Waals surface area contributed by atoms with E-state index in [1.165, 1.54) is 6.08 Å². The van der Waals surface area contributed by atoms with E-state index in [9.17, 15) is 28.8 Å². The van der Waals surface area contributed by atoms with Crippen LogP contribution in [0.2, 0.25) is 10.0 Å². The van der Waals surface area contributed by atoms with Gasteiger partial charge in [-0.2, -0.15) is 15.3 Å². The molecule has 486 valence electrons. The summed E-state index contributed by atoms with van der Waals surface area (Å²) >= 11 is 12.8. The normalized spacial score (nSPS) is 22.9. The average Bonchev–Trinajstić information content (AvgIpc) is 1.63. The van der Waals surface area contributed by atoms with Crippen molar-refractivity contribution in [1.29, 1.82) is 0 Å². The first-order valence-corrected chi connectivity index (χ1v) is 31.5. The Morgan fingerprint density at radius 3 is 1.25 bits per heavy atom. The number of hydrogen-bond acceptors (Lipinski definition) is 15. The maximum atomic E-state index is 12.2. The maximum Gasteiger partial charge on any atom is 0.298 e. The van der Waals surface area contributed by atoms with E-state index in [2.05, 4.69) is 40.5 Å². The van der Waals surface area contributed by atoms with Crippen molar-refractivity contribution in [3.63, 3.8) is 0 Å². The highest BCUT2D eigenvalue weighted by Crippen LogP contribution is 2.57. The Kier molecular flexibility index (Phi) is 18.0. The van der Waals surface area contributed by atoms with Gasteiger partial charge in [-0.3, -0.25) is 28.8 Å². The number of aromatic nitrogens is 6. The van der Waals surface area contributed by atoms with Crippen LogP contribution in [-0.4, -0.2) is 139 Å². The van der Waals surface area contributed by atoms with Gasteiger partial charge in [0.25, 0.3) is 29.5 Å². The molecule has 26 heteroatoms. The molecule has 3 saturated heterocycles. The first-order valence-electron chi connectivity index (χ1n) is 30.8. The Balaban J connectivity index is 0.000000143. The van der Waals surface area contributed by atoms with Crippen molar-refractivity contribution in [2.45, 2.75) is 109 Å². The largest absolute Gasteiger partial charge is 0.497 e. The van der Waals surface area contributed by atoms with Crippen molar-refractivity contribution in [3.05, 3.63) is 100 Å². The van der Waals surface area contributed by atoms with E-state index in [4.69, 9.17) is 76.9 Å². The molecule has 6 aromatic rings. The second-order valence-electron chi connectivity index (χ2n) is 25.4. The molecule has 0 bridgehead atoms. The van der Waals surface area contributed by atoms with Crippen LogP contribution in [0, 0.1) is 39.9 Å². The highest BCUT2D eigenvalue weighted by molar-refractivity contribution is 6.34. The zero-order chi connectivity index (χ0) is 66.4. The summed E-state index contributed by atoms with van der Waals surface area (Å²) in [6.45, 7) is 11.1. The third-order valence-electron chi connectivity index (χ3n) is 19.3. The van der Waals surface area contributed by atoms with Crippen LogP contribution >= 0.6 is 23.2 Å². The SMILES string of the molecule is C=CC(=O)N1CCC2(CC(n3nc(-c4ccc(OC)cc4Cl)c(C(N)=O)c3N)C2)C1.CC#CC(=O)N1CCC2(CC(n3nc(-c4ccc(OC)cc4Cl)c(C(N)=O)c3N)C2)C1.CC#CC(=O)N1CCC2(CC(n3nc(-c4ccc(OC5CC5)cc4)c(C(N)=O)c3N)C2)C1. The van der Waals surface area contributed by atoms with Crippen LogP contribution in [0.25, 0.3) is 33.8 Å². The number of hydrogen-bond donors (Lipinski definition) is 6. The molecule has 93 heavy (non-hydrogen) atoms. The molecule has 24 nitrogen and oxygen atoms in total. The lowest BCUT2D eigenvalue weighted by Gasteiger charge is -2.45. The van der Waals surface area contributed by atoms with Gasteiger partial charge in [0.15, 0.2) is 0 Å². The second kappa shape index (κ2) is 25.8. The highest BCUT2D eigenvalue weighted by Gasteiger charge is 2.54. The first kappa shape index (κ1) is 64.9. The molecular weight excluding hydrogens is 1230 g/mol. The predicted octanol–water partition coefficient (Wildman–Crippen LogP) is 7.45. The second-order valence-corrected chi connectivity index (χ2v) is 26.2. The van der Waals surface area contributed by atoms with Gasteiger partial charge < -0.3 is 63.3 Å². The quantitative estimate of drug-likeness (QED) is 0.0455. The van der Waals surface area contributed by atoms with Crippen LogP contribution in [0.15, 0.2) is 73.3 Å². The summed E-state index contributed by atoms with van der Waals surface area (Å²) in [5, 5.41) is 14.8. The van der Waals surface area contributed by atoms with Gasteiger partial charge in [-0.25, -0.2) is 14.0 Å². The summed E-state index contributed by atoms with van der Waals surface area (Å²) in [7, 11) is 3.10. The van der Waals surface area contributed by atoms with Crippen molar-refractivity contribution in [2.24, 2.45) is 33.4 Å². The zero-order valence-corrected chi connectivity index (χ0v) is 53.8. The number of nitrogens with two attached hydrogens (primary N) is 6. The first-order chi connectivity index (χ1) is 44.4. The van der Waals surface area contributed by atoms with Crippen LogP contribution in [-0.2, 0) is 14.4 Å². The van der Waals surface area contributed by atoms with E-state index in [1.54, 1.807) is 83.4 Å². The molecule has 7 fully saturated rings. The third kappa shape index (κ3) is 12.7. The molecule has 3 spiro atoms. The number of benzene rings is 3. The summed E-state index contributed by atoms with van der Waals surface area (Å²) < 4.78 is 21.3.